The minimum absolute atomic E-state index is 0.168. The molecule has 5 heteroatoms. The molecule has 3 rings (SSSR count). The predicted octanol–water partition coefficient (Wildman–Crippen LogP) is 3.87. The highest BCUT2D eigenvalue weighted by Crippen LogP contribution is 2.35. The van der Waals surface area contributed by atoms with E-state index in [1.54, 1.807) is 20.8 Å². The number of likely N-dealkylation sites (tertiary alicyclic amines) is 1. The Bertz CT molecular complexity index is 809. The first-order valence-corrected chi connectivity index (χ1v) is 8.44. The van der Waals surface area contributed by atoms with Crippen LogP contribution in [0.1, 0.15) is 32.3 Å². The van der Waals surface area contributed by atoms with Crippen molar-refractivity contribution < 1.29 is 19.4 Å². The van der Waals surface area contributed by atoms with E-state index in [0.717, 1.165) is 16.3 Å². The van der Waals surface area contributed by atoms with Crippen LogP contribution in [0.2, 0.25) is 0 Å². The number of carboxylic acids is 1. The Morgan fingerprint density at radius 1 is 1.08 bits per heavy atom. The lowest BCUT2D eigenvalue weighted by Gasteiger charge is -2.24. The molecule has 0 bridgehead atoms. The predicted molar refractivity (Wildman–Crippen MR) is 95.6 cm³/mol. The first kappa shape index (κ1) is 17.3. The smallest absolute Gasteiger partial charge is 0.410 e. The van der Waals surface area contributed by atoms with Crippen LogP contribution in [0.15, 0.2) is 42.5 Å². The fraction of sp³-hybridized carbons (Fsp3) is 0.400. The van der Waals surface area contributed by atoms with Crippen LogP contribution in [0.25, 0.3) is 10.8 Å². The van der Waals surface area contributed by atoms with Crippen LogP contribution in [0, 0.1) is 5.92 Å². The third-order valence-corrected chi connectivity index (χ3v) is 4.49. The van der Waals surface area contributed by atoms with Crippen molar-refractivity contribution in [2.24, 2.45) is 5.92 Å². The number of ether oxygens (including phenoxy) is 1. The molecule has 0 radical (unpaired) electrons. The molecule has 0 unspecified atom stereocenters. The highest BCUT2D eigenvalue weighted by molar-refractivity contribution is 5.84. The van der Waals surface area contributed by atoms with Crippen LogP contribution in [-0.2, 0) is 9.53 Å². The molecule has 2 aromatic carbocycles. The molecule has 1 amide bonds. The maximum absolute atomic E-state index is 12.3. The van der Waals surface area contributed by atoms with E-state index >= 15 is 0 Å². The molecule has 2 atom stereocenters. The molecular formula is C20H23NO4. The van der Waals surface area contributed by atoms with Crippen molar-refractivity contribution in [1.29, 1.82) is 0 Å². The third kappa shape index (κ3) is 3.76. The molecule has 0 spiro atoms. The van der Waals surface area contributed by atoms with Crippen LogP contribution in [0.4, 0.5) is 4.79 Å². The van der Waals surface area contributed by atoms with Crippen LogP contribution >= 0.6 is 0 Å². The van der Waals surface area contributed by atoms with Crippen molar-refractivity contribution >= 4 is 22.8 Å². The van der Waals surface area contributed by atoms with Gasteiger partial charge in [-0.05, 0) is 37.1 Å². The van der Waals surface area contributed by atoms with Gasteiger partial charge in [-0.2, -0.15) is 0 Å². The van der Waals surface area contributed by atoms with Crippen molar-refractivity contribution in [1.82, 2.24) is 4.90 Å². The summed E-state index contributed by atoms with van der Waals surface area (Å²) in [5, 5.41) is 11.8. The molecule has 1 fully saturated rings. The molecule has 1 heterocycles. The summed E-state index contributed by atoms with van der Waals surface area (Å²) >= 11 is 0. The number of carboxylic acid groups (broad SMARTS) is 1. The Labute approximate surface area is 147 Å². The Balaban J connectivity index is 1.87. The summed E-state index contributed by atoms with van der Waals surface area (Å²) in [6, 6.07) is 13.9. The van der Waals surface area contributed by atoms with E-state index < -0.39 is 23.6 Å². The number of nitrogens with zero attached hydrogens (tertiary/aromatic N) is 1. The van der Waals surface area contributed by atoms with Crippen LogP contribution in [0.3, 0.4) is 0 Å². The maximum atomic E-state index is 12.3. The van der Waals surface area contributed by atoms with Crippen molar-refractivity contribution in [3.05, 3.63) is 48.0 Å². The lowest BCUT2D eigenvalue weighted by molar-refractivity contribution is -0.141. The van der Waals surface area contributed by atoms with E-state index in [9.17, 15) is 14.7 Å². The van der Waals surface area contributed by atoms with Gasteiger partial charge in [-0.15, -0.1) is 0 Å². The topological polar surface area (TPSA) is 66.8 Å². The second-order valence-corrected chi connectivity index (χ2v) is 7.54. The van der Waals surface area contributed by atoms with Crippen LogP contribution in [0.5, 0.6) is 0 Å². The van der Waals surface area contributed by atoms with Gasteiger partial charge in [-0.1, -0.05) is 42.5 Å². The van der Waals surface area contributed by atoms with Crippen LogP contribution < -0.4 is 0 Å². The van der Waals surface area contributed by atoms with E-state index in [2.05, 4.69) is 0 Å². The first-order valence-electron chi connectivity index (χ1n) is 8.44. The summed E-state index contributed by atoms with van der Waals surface area (Å²) in [6.45, 7) is 5.93. The Morgan fingerprint density at radius 2 is 1.76 bits per heavy atom. The molecule has 1 saturated heterocycles. The van der Waals surface area contributed by atoms with E-state index in [4.69, 9.17) is 4.74 Å². The number of fused-ring (bicyclic) bond motifs is 1. The molecular weight excluding hydrogens is 318 g/mol. The largest absolute Gasteiger partial charge is 0.481 e. The number of aliphatic carboxylic acids is 1. The average Bonchev–Trinajstić information content (AvgIpc) is 2.98. The quantitative estimate of drug-likeness (QED) is 0.900. The van der Waals surface area contributed by atoms with Crippen molar-refractivity contribution in [2.45, 2.75) is 32.3 Å². The molecule has 0 aliphatic carbocycles. The van der Waals surface area contributed by atoms with Crippen molar-refractivity contribution in [3.63, 3.8) is 0 Å². The van der Waals surface area contributed by atoms with Gasteiger partial charge in [0.15, 0.2) is 0 Å². The first-order chi connectivity index (χ1) is 11.7. The number of benzene rings is 2. The Kier molecular flexibility index (Phi) is 4.41. The average molecular weight is 341 g/mol. The van der Waals surface area contributed by atoms with Gasteiger partial charge >= 0.3 is 12.1 Å². The maximum Gasteiger partial charge on any atom is 0.410 e. The van der Waals surface area contributed by atoms with Gasteiger partial charge in [0.2, 0.25) is 0 Å². The third-order valence-electron chi connectivity index (χ3n) is 4.49. The fourth-order valence-electron chi connectivity index (χ4n) is 3.31. The van der Waals surface area contributed by atoms with Gasteiger partial charge in [0, 0.05) is 19.0 Å². The summed E-state index contributed by atoms with van der Waals surface area (Å²) in [5.74, 6) is -1.76. The number of carbonyl (C=O) groups is 2. The number of hydrogen-bond donors (Lipinski definition) is 1. The summed E-state index contributed by atoms with van der Waals surface area (Å²) < 4.78 is 5.40. The number of hydrogen-bond acceptors (Lipinski definition) is 3. The van der Waals surface area contributed by atoms with Gasteiger partial charge < -0.3 is 14.7 Å². The zero-order chi connectivity index (χ0) is 18.2. The summed E-state index contributed by atoms with van der Waals surface area (Å²) in [7, 11) is 0. The molecule has 0 aromatic heterocycles. The number of amides is 1. The number of rotatable bonds is 2. The molecule has 0 saturated carbocycles. The Morgan fingerprint density at radius 3 is 2.40 bits per heavy atom. The van der Waals surface area contributed by atoms with Crippen molar-refractivity contribution in [3.8, 4) is 0 Å². The normalized spacial score (nSPS) is 20.7. The molecule has 1 N–H and O–H groups in total. The standard InChI is InChI=1S/C20H23NO4/c1-20(2,3)25-19(24)21-11-16(17(12-21)18(22)23)15-9-8-13-6-4-5-7-14(13)10-15/h4-10,16-17H,11-12H2,1-3H3,(H,22,23)/t16-,17+/m0/s1. The van der Waals surface area contributed by atoms with Crippen LogP contribution in [-0.4, -0.2) is 40.8 Å². The van der Waals surface area contributed by atoms with Gasteiger partial charge in [0.05, 0.1) is 5.92 Å². The highest BCUT2D eigenvalue weighted by atomic mass is 16.6. The summed E-state index contributed by atoms with van der Waals surface area (Å²) in [5.41, 5.74) is 0.341. The molecule has 5 nitrogen and oxygen atoms in total. The molecule has 25 heavy (non-hydrogen) atoms. The monoisotopic (exact) mass is 341 g/mol. The van der Waals surface area contributed by atoms with Gasteiger partial charge in [-0.25, -0.2) is 4.79 Å². The SMILES string of the molecule is CC(C)(C)OC(=O)N1C[C@@H](C(=O)O)[C@H](c2ccc3ccccc3c2)C1. The second kappa shape index (κ2) is 6.39. The zero-order valence-corrected chi connectivity index (χ0v) is 14.7. The van der Waals surface area contributed by atoms with E-state index in [0.29, 0.717) is 6.54 Å². The van der Waals surface area contributed by atoms with E-state index in [-0.39, 0.29) is 12.5 Å². The van der Waals surface area contributed by atoms with E-state index in [1.165, 1.54) is 4.90 Å². The van der Waals surface area contributed by atoms with Crippen molar-refractivity contribution in [2.75, 3.05) is 13.1 Å². The molecule has 1 aliphatic rings. The molecule has 1 aliphatic heterocycles. The second-order valence-electron chi connectivity index (χ2n) is 7.54. The fourth-order valence-corrected chi connectivity index (χ4v) is 3.31. The van der Waals surface area contributed by atoms with Gasteiger partial charge in [0.1, 0.15) is 5.60 Å². The lowest BCUT2D eigenvalue weighted by Crippen LogP contribution is -2.35. The lowest BCUT2D eigenvalue weighted by atomic mass is 9.88. The minimum Gasteiger partial charge on any atom is -0.481 e. The van der Waals surface area contributed by atoms with E-state index in [1.807, 2.05) is 42.5 Å². The Hall–Kier alpha value is -2.56. The molecule has 132 valence electrons. The zero-order valence-electron chi connectivity index (χ0n) is 14.7. The summed E-state index contributed by atoms with van der Waals surface area (Å²) in [4.78, 5) is 25.6. The molecule has 2 aromatic rings. The highest BCUT2D eigenvalue weighted by Gasteiger charge is 2.41. The summed E-state index contributed by atoms with van der Waals surface area (Å²) in [6.07, 6.45) is -0.456. The van der Waals surface area contributed by atoms with Gasteiger partial charge in [-0.3, -0.25) is 4.79 Å². The van der Waals surface area contributed by atoms with Gasteiger partial charge in [0.25, 0.3) is 0 Å². The number of carbonyl (C=O) groups excluding carboxylic acids is 1. The minimum atomic E-state index is -0.885.